The van der Waals surface area contributed by atoms with Gasteiger partial charge in [-0.3, -0.25) is 4.79 Å². The SMILES string of the molecule is CN(C)c1ccc(C2=NO[C@H](CN(Cc3cccc(C(F)(F)F)c3)C(=O)c3ccccc3F)C2)cc1. The summed E-state index contributed by atoms with van der Waals surface area (Å²) < 4.78 is 54.0. The van der Waals surface area contributed by atoms with E-state index < -0.39 is 29.6 Å². The third-order valence-electron chi connectivity index (χ3n) is 5.89. The third-order valence-corrected chi connectivity index (χ3v) is 5.89. The molecule has 0 aromatic heterocycles. The molecule has 1 aliphatic heterocycles. The number of amides is 1. The van der Waals surface area contributed by atoms with E-state index in [0.717, 1.165) is 23.4 Å². The number of nitrogens with zero attached hydrogens (tertiary/aromatic N) is 3. The largest absolute Gasteiger partial charge is 0.416 e. The van der Waals surface area contributed by atoms with Gasteiger partial charge >= 0.3 is 6.18 Å². The Labute approximate surface area is 206 Å². The highest BCUT2D eigenvalue weighted by atomic mass is 19.4. The van der Waals surface area contributed by atoms with Gasteiger partial charge in [-0.2, -0.15) is 13.2 Å². The lowest BCUT2D eigenvalue weighted by atomic mass is 10.0. The van der Waals surface area contributed by atoms with Crippen molar-refractivity contribution in [3.05, 3.63) is 101 Å². The van der Waals surface area contributed by atoms with Crippen LogP contribution in [0.15, 0.2) is 78.0 Å². The maximum Gasteiger partial charge on any atom is 0.416 e. The Morgan fingerprint density at radius 3 is 2.42 bits per heavy atom. The lowest BCUT2D eigenvalue weighted by Gasteiger charge is -2.25. The smallest absolute Gasteiger partial charge is 0.390 e. The highest BCUT2D eigenvalue weighted by Gasteiger charge is 2.32. The molecule has 0 radical (unpaired) electrons. The first-order valence-electron chi connectivity index (χ1n) is 11.3. The van der Waals surface area contributed by atoms with Crippen LogP contribution in [0.3, 0.4) is 0 Å². The van der Waals surface area contributed by atoms with Crippen molar-refractivity contribution in [2.75, 3.05) is 25.5 Å². The molecule has 5 nitrogen and oxygen atoms in total. The minimum Gasteiger partial charge on any atom is -0.390 e. The van der Waals surface area contributed by atoms with E-state index in [-0.39, 0.29) is 24.2 Å². The van der Waals surface area contributed by atoms with Gasteiger partial charge in [0.25, 0.3) is 5.91 Å². The quantitative estimate of drug-likeness (QED) is 0.389. The van der Waals surface area contributed by atoms with Crippen molar-refractivity contribution in [2.24, 2.45) is 5.16 Å². The Morgan fingerprint density at radius 1 is 1.03 bits per heavy atom. The van der Waals surface area contributed by atoms with Crippen molar-refractivity contribution in [3.8, 4) is 0 Å². The van der Waals surface area contributed by atoms with Gasteiger partial charge in [-0.15, -0.1) is 0 Å². The molecule has 0 fully saturated rings. The van der Waals surface area contributed by atoms with Crippen LogP contribution in [0.4, 0.5) is 23.2 Å². The number of alkyl halides is 3. The van der Waals surface area contributed by atoms with Gasteiger partial charge in [0.15, 0.2) is 6.10 Å². The Hall–Kier alpha value is -3.88. The minimum atomic E-state index is -4.52. The van der Waals surface area contributed by atoms with E-state index in [9.17, 15) is 22.4 Å². The first-order chi connectivity index (χ1) is 17.1. The van der Waals surface area contributed by atoms with Crippen LogP contribution in [-0.2, 0) is 17.6 Å². The average Bonchev–Trinajstić information content (AvgIpc) is 3.32. The molecule has 0 unspecified atom stereocenters. The Balaban J connectivity index is 1.54. The second-order valence-electron chi connectivity index (χ2n) is 8.77. The number of hydrogen-bond donors (Lipinski definition) is 0. The molecule has 0 N–H and O–H groups in total. The summed E-state index contributed by atoms with van der Waals surface area (Å²) in [6, 6.07) is 18.0. The molecule has 188 valence electrons. The standard InChI is InChI=1S/C27H25F4N3O2/c1-33(2)21-12-10-19(11-13-21)25-15-22(36-32-25)17-34(26(35)23-8-3-4-9-24(23)28)16-18-6-5-7-20(14-18)27(29,30)31/h3-14,22H,15-17H2,1-2H3/t22-/m0/s1. The summed E-state index contributed by atoms with van der Waals surface area (Å²) >= 11 is 0. The molecule has 0 aliphatic carbocycles. The summed E-state index contributed by atoms with van der Waals surface area (Å²) in [7, 11) is 3.87. The van der Waals surface area contributed by atoms with Gasteiger partial charge in [0.2, 0.25) is 0 Å². The Bertz CT molecular complexity index is 1260. The zero-order valence-electron chi connectivity index (χ0n) is 19.8. The van der Waals surface area contributed by atoms with Gasteiger partial charge in [0.1, 0.15) is 5.82 Å². The molecule has 1 atom stereocenters. The number of carbonyl (C=O) groups excluding carboxylic acids is 1. The van der Waals surface area contributed by atoms with Crippen LogP contribution in [0.5, 0.6) is 0 Å². The zero-order chi connectivity index (χ0) is 25.9. The second kappa shape index (κ2) is 10.4. The van der Waals surface area contributed by atoms with Crippen LogP contribution in [0.2, 0.25) is 0 Å². The number of halogens is 4. The highest BCUT2D eigenvalue weighted by Crippen LogP contribution is 2.30. The summed E-state index contributed by atoms with van der Waals surface area (Å²) in [6.07, 6.45) is -4.66. The normalized spacial score (nSPS) is 15.3. The average molecular weight is 500 g/mol. The van der Waals surface area contributed by atoms with Gasteiger partial charge in [0.05, 0.1) is 23.4 Å². The molecular weight excluding hydrogens is 474 g/mol. The van der Waals surface area contributed by atoms with Crippen molar-refractivity contribution in [1.29, 1.82) is 0 Å². The number of carbonyl (C=O) groups is 1. The molecule has 1 aliphatic rings. The van der Waals surface area contributed by atoms with E-state index in [2.05, 4.69) is 5.16 Å². The number of oxime groups is 1. The van der Waals surface area contributed by atoms with E-state index >= 15 is 0 Å². The van der Waals surface area contributed by atoms with E-state index in [1.807, 2.05) is 43.3 Å². The van der Waals surface area contributed by atoms with Gasteiger partial charge in [-0.05, 0) is 47.5 Å². The molecular formula is C27H25F4N3O2. The first kappa shape index (κ1) is 25.2. The molecule has 3 aromatic rings. The van der Waals surface area contributed by atoms with E-state index in [1.54, 1.807) is 0 Å². The van der Waals surface area contributed by atoms with Crippen LogP contribution in [0.25, 0.3) is 0 Å². The number of benzene rings is 3. The topological polar surface area (TPSA) is 45.1 Å². The monoisotopic (exact) mass is 499 g/mol. The lowest BCUT2D eigenvalue weighted by Crippen LogP contribution is -2.37. The molecule has 9 heteroatoms. The summed E-state index contributed by atoms with van der Waals surface area (Å²) in [5, 5.41) is 4.16. The molecule has 1 amide bonds. The lowest BCUT2D eigenvalue weighted by molar-refractivity contribution is -0.137. The van der Waals surface area contributed by atoms with Crippen LogP contribution < -0.4 is 4.90 Å². The molecule has 1 heterocycles. The van der Waals surface area contributed by atoms with Gasteiger partial charge in [-0.25, -0.2) is 4.39 Å². The predicted molar refractivity (Wildman–Crippen MR) is 129 cm³/mol. The van der Waals surface area contributed by atoms with Crippen molar-refractivity contribution >= 4 is 17.3 Å². The van der Waals surface area contributed by atoms with Crippen molar-refractivity contribution in [2.45, 2.75) is 25.2 Å². The maximum absolute atomic E-state index is 14.4. The molecule has 3 aromatic carbocycles. The van der Waals surface area contributed by atoms with Gasteiger partial charge in [0, 0.05) is 32.7 Å². The van der Waals surface area contributed by atoms with Gasteiger partial charge in [-0.1, -0.05) is 41.6 Å². The van der Waals surface area contributed by atoms with Crippen molar-refractivity contribution in [1.82, 2.24) is 4.90 Å². The fourth-order valence-corrected chi connectivity index (χ4v) is 3.99. The van der Waals surface area contributed by atoms with Gasteiger partial charge < -0.3 is 14.6 Å². The molecule has 36 heavy (non-hydrogen) atoms. The molecule has 0 bridgehead atoms. The van der Waals surface area contributed by atoms with Crippen LogP contribution in [-0.4, -0.2) is 43.3 Å². The summed E-state index contributed by atoms with van der Waals surface area (Å²) in [5.41, 5.74) is 1.88. The van der Waals surface area contributed by atoms with Crippen LogP contribution >= 0.6 is 0 Å². The number of rotatable bonds is 7. The molecule has 4 rings (SSSR count). The highest BCUT2D eigenvalue weighted by molar-refractivity contribution is 6.01. The first-order valence-corrected chi connectivity index (χ1v) is 11.3. The number of hydrogen-bond acceptors (Lipinski definition) is 4. The summed E-state index contributed by atoms with van der Waals surface area (Å²) in [4.78, 5) is 22.1. The van der Waals surface area contributed by atoms with E-state index in [1.165, 1.54) is 41.3 Å². The Kier molecular flexibility index (Phi) is 7.28. The molecule has 0 saturated carbocycles. The van der Waals surface area contributed by atoms with Crippen molar-refractivity contribution < 1.29 is 27.2 Å². The number of anilines is 1. The van der Waals surface area contributed by atoms with Crippen LogP contribution in [0.1, 0.15) is 33.5 Å². The third kappa shape index (κ3) is 5.84. The van der Waals surface area contributed by atoms with Crippen LogP contribution in [0, 0.1) is 5.82 Å². The predicted octanol–water partition coefficient (Wildman–Crippen LogP) is 5.75. The summed E-state index contributed by atoms with van der Waals surface area (Å²) in [5.74, 6) is -1.35. The fourth-order valence-electron chi connectivity index (χ4n) is 3.99. The minimum absolute atomic E-state index is 0.0200. The summed E-state index contributed by atoms with van der Waals surface area (Å²) in [6.45, 7) is -0.129. The van der Waals surface area contributed by atoms with E-state index in [4.69, 9.17) is 4.84 Å². The van der Waals surface area contributed by atoms with E-state index in [0.29, 0.717) is 12.1 Å². The fraction of sp³-hybridized carbons (Fsp3) is 0.259. The second-order valence-corrected chi connectivity index (χ2v) is 8.77. The zero-order valence-corrected chi connectivity index (χ0v) is 19.8. The molecule has 0 spiro atoms. The molecule has 0 saturated heterocycles. The Morgan fingerprint density at radius 2 is 1.75 bits per heavy atom. The van der Waals surface area contributed by atoms with Crippen molar-refractivity contribution in [3.63, 3.8) is 0 Å². The maximum atomic E-state index is 14.4.